The summed E-state index contributed by atoms with van der Waals surface area (Å²) in [6.07, 6.45) is 12.7. The number of allylic oxidation sites excluding steroid dienone is 4. The van der Waals surface area contributed by atoms with E-state index in [-0.39, 0.29) is 5.56 Å². The molecule has 38 heavy (non-hydrogen) atoms. The number of aryl methyl sites for hydroxylation is 1. The summed E-state index contributed by atoms with van der Waals surface area (Å²) in [6, 6.07) is 21.2. The third-order valence-corrected chi connectivity index (χ3v) is 8.04. The highest BCUT2D eigenvalue weighted by Crippen LogP contribution is 2.30. The van der Waals surface area contributed by atoms with Crippen LogP contribution in [0.2, 0.25) is 0 Å². The molecular weight excluding hydrogens is 486 g/mol. The summed E-state index contributed by atoms with van der Waals surface area (Å²) in [5.41, 5.74) is 7.01. The molecule has 1 aliphatic rings. The van der Waals surface area contributed by atoms with Crippen molar-refractivity contribution in [3.8, 4) is 0 Å². The summed E-state index contributed by atoms with van der Waals surface area (Å²) in [5, 5.41) is 1.22. The van der Waals surface area contributed by atoms with Gasteiger partial charge in [-0.15, -0.1) is 11.3 Å². The molecule has 5 heteroatoms. The van der Waals surface area contributed by atoms with Crippen molar-refractivity contribution in [2.45, 2.75) is 40.8 Å². The number of likely N-dealkylation sites (N-methyl/N-ethyl adjacent to an activating group) is 1. The molecule has 5 rings (SSSR count). The van der Waals surface area contributed by atoms with Crippen molar-refractivity contribution in [2.75, 3.05) is 11.4 Å². The quantitative estimate of drug-likeness (QED) is 0.319. The zero-order valence-corrected chi connectivity index (χ0v) is 23.3. The molecule has 4 aromatic rings. The molecule has 0 N–H and O–H groups in total. The first-order valence-corrected chi connectivity index (χ1v) is 14.1. The average Bonchev–Trinajstić information content (AvgIpc) is 3.24. The van der Waals surface area contributed by atoms with Crippen LogP contribution in [-0.4, -0.2) is 11.1 Å². The lowest BCUT2D eigenvalue weighted by atomic mass is 10.1. The summed E-state index contributed by atoms with van der Waals surface area (Å²) in [6.45, 7) is 10.8. The van der Waals surface area contributed by atoms with Crippen molar-refractivity contribution in [1.29, 1.82) is 0 Å². The topological polar surface area (TPSA) is 29.1 Å². The first-order valence-electron chi connectivity index (χ1n) is 13.3. The molecule has 0 atom stereocenters. The van der Waals surface area contributed by atoms with Crippen LogP contribution < -0.4 is 24.2 Å². The van der Waals surface area contributed by atoms with Gasteiger partial charge >= 0.3 is 0 Å². The van der Waals surface area contributed by atoms with Gasteiger partial charge in [0.2, 0.25) is 11.2 Å². The van der Waals surface area contributed by atoms with Gasteiger partial charge in [0.05, 0.1) is 4.53 Å². The predicted octanol–water partition coefficient (Wildman–Crippen LogP) is 5.38. The first kappa shape index (κ1) is 25.7. The monoisotopic (exact) mass is 520 g/mol. The second-order valence-electron chi connectivity index (χ2n) is 9.34. The number of fused-ring (bicyclic) bond motifs is 2. The number of hydrogen-bond acceptors (Lipinski definition) is 3. The number of nitrogens with zero attached hydrogens (tertiary/aromatic N) is 3. The fraction of sp³-hybridized carbons (Fsp3) is 0.212. The van der Waals surface area contributed by atoms with E-state index >= 15 is 0 Å². The Labute approximate surface area is 228 Å². The highest BCUT2D eigenvalue weighted by Gasteiger charge is 2.15. The molecule has 0 unspecified atom stereocenters. The van der Waals surface area contributed by atoms with Crippen LogP contribution >= 0.6 is 11.3 Å². The maximum Gasteiger partial charge on any atom is 0.269 e. The van der Waals surface area contributed by atoms with Crippen LogP contribution in [0.15, 0.2) is 95.0 Å². The number of thiazole rings is 1. The third kappa shape index (κ3) is 4.94. The van der Waals surface area contributed by atoms with Crippen LogP contribution in [0.5, 0.6) is 0 Å². The largest absolute Gasteiger partial charge is 0.341 e. The highest BCUT2D eigenvalue weighted by molar-refractivity contribution is 7.07. The van der Waals surface area contributed by atoms with E-state index in [1.54, 1.807) is 11.3 Å². The maximum atomic E-state index is 13.3. The lowest BCUT2D eigenvalue weighted by molar-refractivity contribution is -0.669. The summed E-state index contributed by atoms with van der Waals surface area (Å²) < 4.78 is 5.90. The fourth-order valence-electron chi connectivity index (χ4n) is 5.08. The average molecular weight is 521 g/mol. The second kappa shape index (κ2) is 11.2. The zero-order valence-electron chi connectivity index (χ0n) is 22.5. The van der Waals surface area contributed by atoms with Gasteiger partial charge in [-0.05, 0) is 75.3 Å². The Kier molecular flexibility index (Phi) is 7.57. The van der Waals surface area contributed by atoms with Crippen LogP contribution in [0, 0.1) is 0 Å². The van der Waals surface area contributed by atoms with E-state index in [2.05, 4.69) is 121 Å². The van der Waals surface area contributed by atoms with Crippen molar-refractivity contribution in [1.82, 2.24) is 4.57 Å². The molecule has 0 saturated heterocycles. The van der Waals surface area contributed by atoms with Gasteiger partial charge in [0, 0.05) is 48.1 Å². The van der Waals surface area contributed by atoms with E-state index in [9.17, 15) is 4.79 Å². The number of para-hydroxylation sites is 2. The van der Waals surface area contributed by atoms with E-state index in [0.717, 1.165) is 39.2 Å². The smallest absolute Gasteiger partial charge is 0.269 e. The summed E-state index contributed by atoms with van der Waals surface area (Å²) in [5.74, 6) is 0. The first-order chi connectivity index (χ1) is 18.5. The minimum absolute atomic E-state index is 0.0645. The van der Waals surface area contributed by atoms with Crippen molar-refractivity contribution >= 4 is 46.2 Å². The van der Waals surface area contributed by atoms with E-state index < -0.39 is 0 Å². The molecule has 0 bridgehead atoms. The van der Waals surface area contributed by atoms with Gasteiger partial charge in [-0.1, -0.05) is 42.5 Å². The highest BCUT2D eigenvalue weighted by atomic mass is 32.1. The summed E-state index contributed by atoms with van der Waals surface area (Å²) in [7, 11) is 0. The molecule has 0 spiro atoms. The number of pyridine rings is 1. The molecule has 4 nitrogen and oxygen atoms in total. The Morgan fingerprint density at radius 3 is 2.53 bits per heavy atom. The molecule has 0 amide bonds. The minimum Gasteiger partial charge on any atom is -0.341 e. The van der Waals surface area contributed by atoms with Crippen LogP contribution in [0.4, 0.5) is 5.69 Å². The molecule has 0 radical (unpaired) electrons. The normalized spacial score (nSPS) is 15.6. The number of aromatic nitrogens is 2. The van der Waals surface area contributed by atoms with Crippen LogP contribution in [-0.2, 0) is 13.1 Å². The van der Waals surface area contributed by atoms with Crippen molar-refractivity contribution in [3.05, 3.63) is 121 Å². The van der Waals surface area contributed by atoms with E-state index in [4.69, 9.17) is 0 Å². The van der Waals surface area contributed by atoms with Crippen LogP contribution in [0.3, 0.4) is 0 Å². The molecule has 0 aliphatic carbocycles. The Morgan fingerprint density at radius 1 is 0.947 bits per heavy atom. The van der Waals surface area contributed by atoms with E-state index in [1.165, 1.54) is 22.2 Å². The third-order valence-electron chi connectivity index (χ3n) is 6.98. The lowest BCUT2D eigenvalue weighted by Crippen LogP contribution is -2.38. The Balaban J connectivity index is 1.54. The summed E-state index contributed by atoms with van der Waals surface area (Å²) in [4.78, 5) is 15.6. The van der Waals surface area contributed by atoms with Gasteiger partial charge in [0.25, 0.3) is 5.56 Å². The number of rotatable bonds is 6. The number of benzene rings is 2. The molecule has 1 aliphatic heterocycles. The van der Waals surface area contributed by atoms with Crippen molar-refractivity contribution in [2.24, 2.45) is 0 Å². The zero-order chi connectivity index (χ0) is 26.6. The van der Waals surface area contributed by atoms with Gasteiger partial charge in [-0.2, -0.15) is 4.57 Å². The summed E-state index contributed by atoms with van der Waals surface area (Å²) >= 11 is 1.56. The molecule has 2 aromatic carbocycles. The van der Waals surface area contributed by atoms with Gasteiger partial charge in [0.1, 0.15) is 11.2 Å². The van der Waals surface area contributed by atoms with Gasteiger partial charge in [0.15, 0.2) is 0 Å². The van der Waals surface area contributed by atoms with Gasteiger partial charge in [-0.3, -0.25) is 9.36 Å². The van der Waals surface area contributed by atoms with E-state index in [0.29, 0.717) is 6.54 Å². The predicted molar refractivity (Wildman–Crippen MR) is 162 cm³/mol. The Bertz CT molecular complexity index is 1770. The lowest BCUT2D eigenvalue weighted by Gasteiger charge is -2.29. The fourth-order valence-corrected chi connectivity index (χ4v) is 6.24. The minimum atomic E-state index is 0.0645. The molecule has 0 fully saturated rings. The molecule has 0 saturated carbocycles. The van der Waals surface area contributed by atoms with Crippen molar-refractivity contribution < 1.29 is 4.57 Å². The van der Waals surface area contributed by atoms with E-state index in [1.807, 2.05) is 17.6 Å². The Hall–Kier alpha value is -3.96. The standard InChI is InChI=1S/C33H34N3OS/c1-5-34-27(20-17-25-12-8-10-14-29(25)34)19-16-24(4)22-31-33(37)36(7-3)32(38-31)23-28-21-18-26-13-9-11-15-30(26)35(28)6-2/h8-23H,5-7H2,1-4H3/q+1. The van der Waals surface area contributed by atoms with Crippen molar-refractivity contribution in [3.63, 3.8) is 0 Å². The maximum absolute atomic E-state index is 13.3. The van der Waals surface area contributed by atoms with Crippen LogP contribution in [0.1, 0.15) is 39.0 Å². The number of anilines is 1. The van der Waals surface area contributed by atoms with Crippen LogP contribution in [0.25, 0.3) is 29.1 Å². The molecular formula is C33H34N3OS+. The SMILES string of the molecule is CCN1C(=CC=C(C)C=c2sc(=Cc3ccc4ccccc4[n+]3CC)n(CC)c2=O)C=Cc2ccccc21. The Morgan fingerprint density at radius 2 is 1.74 bits per heavy atom. The number of hydrogen-bond donors (Lipinski definition) is 0. The van der Waals surface area contributed by atoms with Gasteiger partial charge in [-0.25, -0.2) is 0 Å². The molecule has 192 valence electrons. The molecule has 2 aromatic heterocycles. The molecule has 3 heterocycles. The second-order valence-corrected chi connectivity index (χ2v) is 10.4. The van der Waals surface area contributed by atoms with Gasteiger partial charge < -0.3 is 4.90 Å².